The van der Waals surface area contributed by atoms with Gasteiger partial charge in [-0.15, -0.1) is 0 Å². The number of carbonyl (C=O) groups is 1. The maximum atomic E-state index is 12.6. The van der Waals surface area contributed by atoms with Gasteiger partial charge in [-0.25, -0.2) is 0 Å². The number of carbonyl (C=O) groups excluding carboxylic acids is 1. The standard InChI is InChI=1S/C14H24N4O/c1-4-6-13-12(11-15-16(13)3)14(19)18-9-7-17(5-2)8-10-18/h11H,4-10H2,1-3H3. The quantitative estimate of drug-likeness (QED) is 0.819. The van der Waals surface area contributed by atoms with E-state index in [1.807, 2.05) is 16.6 Å². The van der Waals surface area contributed by atoms with Crippen molar-refractivity contribution in [2.24, 2.45) is 7.05 Å². The van der Waals surface area contributed by atoms with Crippen molar-refractivity contribution in [3.8, 4) is 0 Å². The summed E-state index contributed by atoms with van der Waals surface area (Å²) in [6.07, 6.45) is 3.66. The molecule has 0 saturated carbocycles. The van der Waals surface area contributed by atoms with E-state index >= 15 is 0 Å². The van der Waals surface area contributed by atoms with Gasteiger partial charge in [0.1, 0.15) is 0 Å². The van der Waals surface area contributed by atoms with Gasteiger partial charge in [-0.1, -0.05) is 20.3 Å². The van der Waals surface area contributed by atoms with Gasteiger partial charge in [0.05, 0.1) is 17.5 Å². The van der Waals surface area contributed by atoms with Crippen LogP contribution in [0.4, 0.5) is 0 Å². The van der Waals surface area contributed by atoms with Crippen LogP contribution in [-0.4, -0.2) is 58.2 Å². The fourth-order valence-electron chi connectivity index (χ4n) is 2.61. The highest BCUT2D eigenvalue weighted by Gasteiger charge is 2.24. The van der Waals surface area contributed by atoms with E-state index < -0.39 is 0 Å². The number of hydrogen-bond donors (Lipinski definition) is 0. The summed E-state index contributed by atoms with van der Waals surface area (Å²) in [6.45, 7) is 8.97. The number of aromatic nitrogens is 2. The molecule has 5 nitrogen and oxygen atoms in total. The van der Waals surface area contributed by atoms with Crippen LogP contribution in [0.3, 0.4) is 0 Å². The van der Waals surface area contributed by atoms with Crippen molar-refractivity contribution in [3.63, 3.8) is 0 Å². The van der Waals surface area contributed by atoms with Gasteiger partial charge in [-0.05, 0) is 13.0 Å². The van der Waals surface area contributed by atoms with Gasteiger partial charge < -0.3 is 9.80 Å². The highest BCUT2D eigenvalue weighted by Crippen LogP contribution is 2.14. The molecule has 1 amide bonds. The van der Waals surface area contributed by atoms with Crippen molar-refractivity contribution in [3.05, 3.63) is 17.5 Å². The molecule has 19 heavy (non-hydrogen) atoms. The van der Waals surface area contributed by atoms with E-state index in [1.54, 1.807) is 6.20 Å². The zero-order valence-corrected chi connectivity index (χ0v) is 12.2. The van der Waals surface area contributed by atoms with Crippen LogP contribution in [0, 0.1) is 0 Å². The van der Waals surface area contributed by atoms with Gasteiger partial charge in [0, 0.05) is 33.2 Å². The predicted molar refractivity (Wildman–Crippen MR) is 75.2 cm³/mol. The Morgan fingerprint density at radius 2 is 1.95 bits per heavy atom. The number of amides is 1. The van der Waals surface area contributed by atoms with Gasteiger partial charge in [0.15, 0.2) is 0 Å². The van der Waals surface area contributed by atoms with Crippen LogP contribution in [0.1, 0.15) is 36.3 Å². The fraction of sp³-hybridized carbons (Fsp3) is 0.714. The molecule has 106 valence electrons. The normalized spacial score (nSPS) is 16.9. The lowest BCUT2D eigenvalue weighted by Gasteiger charge is -2.34. The maximum absolute atomic E-state index is 12.6. The number of piperazine rings is 1. The topological polar surface area (TPSA) is 41.4 Å². The minimum Gasteiger partial charge on any atom is -0.336 e. The Morgan fingerprint density at radius 1 is 1.26 bits per heavy atom. The summed E-state index contributed by atoms with van der Waals surface area (Å²) in [5.41, 5.74) is 1.85. The Bertz CT molecular complexity index is 433. The molecule has 1 fully saturated rings. The Hall–Kier alpha value is -1.36. The second kappa shape index (κ2) is 6.19. The molecule has 1 aromatic rings. The molecule has 1 aliphatic rings. The molecule has 0 bridgehead atoms. The van der Waals surface area contributed by atoms with E-state index in [1.165, 1.54) is 0 Å². The first kappa shape index (κ1) is 14.1. The van der Waals surface area contributed by atoms with Crippen LogP contribution >= 0.6 is 0 Å². The lowest BCUT2D eigenvalue weighted by atomic mass is 10.1. The van der Waals surface area contributed by atoms with E-state index in [2.05, 4.69) is 23.8 Å². The Labute approximate surface area is 115 Å². The lowest BCUT2D eigenvalue weighted by molar-refractivity contribution is 0.0642. The second-order valence-electron chi connectivity index (χ2n) is 5.11. The van der Waals surface area contributed by atoms with Crippen molar-refractivity contribution >= 4 is 5.91 Å². The van der Waals surface area contributed by atoms with Crippen molar-refractivity contribution in [2.75, 3.05) is 32.7 Å². The SMILES string of the molecule is CCCc1c(C(=O)N2CCN(CC)CC2)cnn1C. The Kier molecular flexibility index (Phi) is 4.58. The molecule has 1 aliphatic heterocycles. The van der Waals surface area contributed by atoms with Crippen LogP contribution in [0.5, 0.6) is 0 Å². The number of aryl methyl sites for hydroxylation is 1. The van der Waals surface area contributed by atoms with E-state index in [-0.39, 0.29) is 5.91 Å². The van der Waals surface area contributed by atoms with Gasteiger partial charge in [-0.3, -0.25) is 9.48 Å². The minimum atomic E-state index is 0.146. The third-order valence-corrected chi connectivity index (χ3v) is 3.89. The first-order valence-electron chi connectivity index (χ1n) is 7.19. The molecule has 0 atom stereocenters. The third kappa shape index (κ3) is 2.97. The van der Waals surface area contributed by atoms with Crippen LogP contribution in [0.2, 0.25) is 0 Å². The molecule has 0 spiro atoms. The summed E-state index contributed by atoms with van der Waals surface area (Å²) in [7, 11) is 1.91. The molecular weight excluding hydrogens is 240 g/mol. The van der Waals surface area contributed by atoms with Crippen molar-refractivity contribution in [1.82, 2.24) is 19.6 Å². The molecule has 0 unspecified atom stereocenters. The van der Waals surface area contributed by atoms with Crippen LogP contribution < -0.4 is 0 Å². The largest absolute Gasteiger partial charge is 0.336 e. The van der Waals surface area contributed by atoms with Crippen molar-refractivity contribution in [2.45, 2.75) is 26.7 Å². The summed E-state index contributed by atoms with van der Waals surface area (Å²) < 4.78 is 1.83. The molecule has 2 heterocycles. The van der Waals surface area contributed by atoms with Crippen molar-refractivity contribution in [1.29, 1.82) is 0 Å². The van der Waals surface area contributed by atoms with Crippen LogP contribution in [0.25, 0.3) is 0 Å². The van der Waals surface area contributed by atoms with Gasteiger partial charge in [-0.2, -0.15) is 5.10 Å². The van der Waals surface area contributed by atoms with E-state index in [9.17, 15) is 4.79 Å². The summed E-state index contributed by atoms with van der Waals surface area (Å²) in [5.74, 6) is 0.146. The van der Waals surface area contributed by atoms with Gasteiger partial charge in [0.2, 0.25) is 0 Å². The van der Waals surface area contributed by atoms with Gasteiger partial charge >= 0.3 is 0 Å². The van der Waals surface area contributed by atoms with E-state index in [4.69, 9.17) is 0 Å². The molecule has 2 rings (SSSR count). The lowest BCUT2D eigenvalue weighted by Crippen LogP contribution is -2.48. The summed E-state index contributed by atoms with van der Waals surface area (Å²) >= 11 is 0. The number of hydrogen-bond acceptors (Lipinski definition) is 3. The second-order valence-corrected chi connectivity index (χ2v) is 5.11. The van der Waals surface area contributed by atoms with Crippen LogP contribution in [0.15, 0.2) is 6.20 Å². The number of likely N-dealkylation sites (N-methyl/N-ethyl adjacent to an activating group) is 1. The molecule has 5 heteroatoms. The Balaban J connectivity index is 2.08. The third-order valence-electron chi connectivity index (χ3n) is 3.89. The van der Waals surface area contributed by atoms with E-state index in [0.29, 0.717) is 0 Å². The Morgan fingerprint density at radius 3 is 2.53 bits per heavy atom. The molecule has 1 aromatic heterocycles. The minimum absolute atomic E-state index is 0.146. The predicted octanol–water partition coefficient (Wildman–Crippen LogP) is 1.15. The number of nitrogens with zero attached hydrogens (tertiary/aromatic N) is 4. The molecule has 0 aromatic carbocycles. The smallest absolute Gasteiger partial charge is 0.257 e. The summed E-state index contributed by atoms with van der Waals surface area (Å²) in [5, 5.41) is 4.24. The maximum Gasteiger partial charge on any atom is 0.257 e. The monoisotopic (exact) mass is 264 g/mol. The average Bonchev–Trinajstić information content (AvgIpc) is 2.80. The van der Waals surface area contributed by atoms with E-state index in [0.717, 1.165) is 56.8 Å². The molecule has 1 saturated heterocycles. The number of rotatable bonds is 4. The summed E-state index contributed by atoms with van der Waals surface area (Å²) in [6, 6.07) is 0. The summed E-state index contributed by atoms with van der Waals surface area (Å²) in [4.78, 5) is 16.9. The van der Waals surface area contributed by atoms with Crippen LogP contribution in [-0.2, 0) is 13.5 Å². The van der Waals surface area contributed by atoms with Gasteiger partial charge in [0.25, 0.3) is 5.91 Å². The highest BCUT2D eigenvalue weighted by molar-refractivity contribution is 5.95. The highest BCUT2D eigenvalue weighted by atomic mass is 16.2. The molecular formula is C14H24N4O. The molecule has 0 aliphatic carbocycles. The zero-order valence-electron chi connectivity index (χ0n) is 12.2. The average molecular weight is 264 g/mol. The first-order valence-corrected chi connectivity index (χ1v) is 7.19. The van der Waals surface area contributed by atoms with Crippen molar-refractivity contribution < 1.29 is 4.79 Å². The first-order chi connectivity index (χ1) is 9.17. The molecule has 0 N–H and O–H groups in total. The molecule has 0 radical (unpaired) electrons. The fourth-order valence-corrected chi connectivity index (χ4v) is 2.61. The zero-order chi connectivity index (χ0) is 13.8.